The number of hydrogen-bond donors (Lipinski definition) is 0. The van der Waals surface area contributed by atoms with E-state index in [9.17, 15) is 9.59 Å². The molecule has 1 aliphatic rings. The molecule has 0 saturated heterocycles. The van der Waals surface area contributed by atoms with Gasteiger partial charge in [0, 0.05) is 34.2 Å². The van der Waals surface area contributed by atoms with Gasteiger partial charge >= 0.3 is 0 Å². The predicted octanol–water partition coefficient (Wildman–Crippen LogP) is 4.88. The van der Waals surface area contributed by atoms with Gasteiger partial charge in [-0.15, -0.1) is 5.92 Å². The van der Waals surface area contributed by atoms with Gasteiger partial charge in [-0.25, -0.2) is 0 Å². The van der Waals surface area contributed by atoms with Crippen molar-refractivity contribution in [3.8, 4) is 17.6 Å². The molecule has 140 valence electrons. The first kappa shape index (κ1) is 20.9. The molecule has 26 heavy (non-hydrogen) atoms. The van der Waals surface area contributed by atoms with Crippen LogP contribution in [0.2, 0.25) is 5.02 Å². The summed E-state index contributed by atoms with van der Waals surface area (Å²) in [5.41, 5.74) is 1.19. The van der Waals surface area contributed by atoms with Crippen molar-refractivity contribution in [2.75, 3.05) is 12.9 Å². The van der Waals surface area contributed by atoms with Gasteiger partial charge in [-0.3, -0.25) is 9.59 Å². The molecule has 0 aromatic heterocycles. The SMILES string of the molecule is CC#Cc1cc(Cl)c(C2C(=O)CC(CC(C)SCC)CC2=O)c(OC)c1. The Morgan fingerprint density at radius 3 is 2.50 bits per heavy atom. The van der Waals surface area contributed by atoms with Gasteiger partial charge in [-0.1, -0.05) is 31.4 Å². The maximum atomic E-state index is 12.8. The summed E-state index contributed by atoms with van der Waals surface area (Å²) in [6, 6.07) is 3.44. The monoisotopic (exact) mass is 392 g/mol. The topological polar surface area (TPSA) is 43.4 Å². The van der Waals surface area contributed by atoms with Crippen molar-refractivity contribution in [3.63, 3.8) is 0 Å². The van der Waals surface area contributed by atoms with Crippen LogP contribution in [0.5, 0.6) is 5.75 Å². The second-order valence-corrected chi connectivity index (χ2v) is 8.71. The minimum absolute atomic E-state index is 0.0607. The van der Waals surface area contributed by atoms with E-state index in [0.29, 0.717) is 40.0 Å². The third kappa shape index (κ3) is 4.84. The van der Waals surface area contributed by atoms with Crippen molar-refractivity contribution in [1.29, 1.82) is 0 Å². The van der Waals surface area contributed by atoms with Crippen LogP contribution >= 0.6 is 23.4 Å². The fraction of sp³-hybridized carbons (Fsp3) is 0.524. The smallest absolute Gasteiger partial charge is 0.148 e. The first-order valence-electron chi connectivity index (χ1n) is 8.88. The molecule has 1 aliphatic carbocycles. The fourth-order valence-electron chi connectivity index (χ4n) is 3.63. The first-order valence-corrected chi connectivity index (χ1v) is 10.3. The third-order valence-electron chi connectivity index (χ3n) is 4.61. The van der Waals surface area contributed by atoms with Crippen molar-refractivity contribution in [3.05, 3.63) is 28.3 Å². The summed E-state index contributed by atoms with van der Waals surface area (Å²) in [4.78, 5) is 25.6. The van der Waals surface area contributed by atoms with E-state index >= 15 is 0 Å². The third-order valence-corrected chi connectivity index (χ3v) is 6.02. The number of hydrogen-bond acceptors (Lipinski definition) is 4. The number of Topliss-reactive ketones (excluding diaryl/α,β-unsaturated/α-hetero) is 2. The summed E-state index contributed by atoms with van der Waals surface area (Å²) in [7, 11) is 1.52. The first-order chi connectivity index (χ1) is 12.4. The molecule has 0 radical (unpaired) electrons. The molecule has 3 nitrogen and oxygen atoms in total. The number of methoxy groups -OCH3 is 1. The van der Waals surface area contributed by atoms with Crippen LogP contribution in [0, 0.1) is 17.8 Å². The van der Waals surface area contributed by atoms with Gasteiger partial charge in [-0.05, 0) is 37.1 Å². The molecular weight excluding hydrogens is 368 g/mol. The van der Waals surface area contributed by atoms with Gasteiger partial charge in [0.15, 0.2) is 0 Å². The molecule has 1 saturated carbocycles. The largest absolute Gasteiger partial charge is 0.496 e. The van der Waals surface area contributed by atoms with E-state index in [0.717, 1.165) is 12.2 Å². The normalized spacial score (nSPS) is 21.1. The molecule has 0 bridgehead atoms. The Labute approximate surface area is 165 Å². The van der Waals surface area contributed by atoms with Crippen molar-refractivity contribution in [2.24, 2.45) is 5.92 Å². The number of ether oxygens (including phenoxy) is 1. The summed E-state index contributed by atoms with van der Waals surface area (Å²) >= 11 is 8.28. The maximum absolute atomic E-state index is 12.8. The second kappa shape index (κ2) is 9.48. The van der Waals surface area contributed by atoms with Gasteiger partial charge in [0.25, 0.3) is 0 Å². The second-order valence-electron chi connectivity index (χ2n) is 6.59. The Balaban J connectivity index is 2.28. The Morgan fingerprint density at radius 2 is 1.96 bits per heavy atom. The van der Waals surface area contributed by atoms with E-state index in [-0.39, 0.29) is 17.5 Å². The Morgan fingerprint density at radius 1 is 1.31 bits per heavy atom. The van der Waals surface area contributed by atoms with E-state index in [2.05, 4.69) is 25.7 Å². The summed E-state index contributed by atoms with van der Waals surface area (Å²) in [5.74, 6) is 6.41. The quantitative estimate of drug-likeness (QED) is 0.511. The highest BCUT2D eigenvalue weighted by Crippen LogP contribution is 2.41. The molecule has 0 N–H and O–H groups in total. The minimum Gasteiger partial charge on any atom is -0.496 e. The van der Waals surface area contributed by atoms with Crippen LogP contribution < -0.4 is 4.74 Å². The highest BCUT2D eigenvalue weighted by atomic mass is 35.5. The van der Waals surface area contributed by atoms with Gasteiger partial charge in [0.2, 0.25) is 0 Å². The zero-order valence-corrected chi connectivity index (χ0v) is 17.3. The number of thioether (sulfide) groups is 1. The van der Waals surface area contributed by atoms with E-state index < -0.39 is 5.92 Å². The molecule has 0 heterocycles. The molecule has 0 spiro atoms. The predicted molar refractivity (Wildman–Crippen MR) is 108 cm³/mol. The lowest BCUT2D eigenvalue weighted by atomic mass is 9.75. The van der Waals surface area contributed by atoms with Crippen LogP contribution in [0.15, 0.2) is 12.1 Å². The average molecular weight is 393 g/mol. The van der Waals surface area contributed by atoms with Crippen molar-refractivity contribution in [2.45, 2.75) is 51.2 Å². The zero-order chi connectivity index (χ0) is 19.3. The minimum atomic E-state index is -0.827. The van der Waals surface area contributed by atoms with E-state index in [1.54, 1.807) is 19.1 Å². The lowest BCUT2D eigenvalue weighted by Crippen LogP contribution is -2.33. The van der Waals surface area contributed by atoms with Crippen LogP contribution in [0.25, 0.3) is 0 Å². The lowest BCUT2D eigenvalue weighted by Gasteiger charge is -2.29. The molecular formula is C21H25ClO3S. The molecule has 5 heteroatoms. The van der Waals surface area contributed by atoms with Crippen LogP contribution in [0.1, 0.15) is 57.1 Å². The van der Waals surface area contributed by atoms with E-state index in [1.165, 1.54) is 7.11 Å². The molecule has 1 unspecified atom stereocenters. The summed E-state index contributed by atoms with van der Waals surface area (Å²) in [6.45, 7) is 6.01. The van der Waals surface area contributed by atoms with Crippen LogP contribution in [-0.2, 0) is 9.59 Å². The average Bonchev–Trinajstić information content (AvgIpc) is 2.56. The van der Waals surface area contributed by atoms with Crippen molar-refractivity contribution in [1.82, 2.24) is 0 Å². The Hall–Kier alpha value is -1.44. The van der Waals surface area contributed by atoms with Crippen molar-refractivity contribution < 1.29 is 14.3 Å². The number of ketones is 2. The zero-order valence-electron chi connectivity index (χ0n) is 15.7. The van der Waals surface area contributed by atoms with Crippen LogP contribution in [0.3, 0.4) is 0 Å². The molecule has 1 aromatic carbocycles. The highest BCUT2D eigenvalue weighted by Gasteiger charge is 2.39. The summed E-state index contributed by atoms with van der Waals surface area (Å²) in [6.07, 6.45) is 1.72. The molecule has 1 aromatic rings. The number of carbonyl (C=O) groups is 2. The maximum Gasteiger partial charge on any atom is 0.148 e. The van der Waals surface area contributed by atoms with Gasteiger partial charge in [0.1, 0.15) is 23.2 Å². The van der Waals surface area contributed by atoms with Gasteiger partial charge in [0.05, 0.1) is 7.11 Å². The Kier molecular flexibility index (Phi) is 7.61. The van der Waals surface area contributed by atoms with Gasteiger partial charge < -0.3 is 4.74 Å². The molecule has 1 fully saturated rings. The number of carbonyl (C=O) groups excluding carboxylic acids is 2. The summed E-state index contributed by atoms with van der Waals surface area (Å²) in [5, 5.41) is 0.814. The number of benzene rings is 1. The molecule has 0 amide bonds. The fourth-order valence-corrected chi connectivity index (χ4v) is 4.92. The van der Waals surface area contributed by atoms with Crippen molar-refractivity contribution >= 4 is 34.9 Å². The molecule has 1 atom stereocenters. The van der Waals surface area contributed by atoms with Crippen LogP contribution in [0.4, 0.5) is 0 Å². The lowest BCUT2D eigenvalue weighted by molar-refractivity contribution is -0.133. The molecule has 2 rings (SSSR count). The molecule has 0 aliphatic heterocycles. The van der Waals surface area contributed by atoms with Crippen LogP contribution in [-0.4, -0.2) is 29.7 Å². The van der Waals surface area contributed by atoms with E-state index in [4.69, 9.17) is 16.3 Å². The standard InChI is InChI=1S/C21H25ClO3S/c1-5-7-14-9-16(22)20(19(12-14)25-4)21-17(23)10-15(11-18(21)24)8-13(3)26-6-2/h9,12-13,15,21H,6,8,10-11H2,1-4H3. The Bertz CT molecular complexity index is 730. The summed E-state index contributed by atoms with van der Waals surface area (Å²) < 4.78 is 5.43. The number of halogens is 1. The highest BCUT2D eigenvalue weighted by molar-refractivity contribution is 7.99. The van der Waals surface area contributed by atoms with E-state index in [1.807, 2.05) is 11.8 Å². The number of rotatable bonds is 6. The van der Waals surface area contributed by atoms with Gasteiger partial charge in [-0.2, -0.15) is 11.8 Å².